The second-order valence-corrected chi connectivity index (χ2v) is 2.52. The Kier molecular flexibility index (Phi) is 1.40. The molecule has 0 unspecified atom stereocenters. The van der Waals surface area contributed by atoms with E-state index in [9.17, 15) is 4.79 Å². The molecule has 2 heterocycles. The number of hydrogen-bond acceptors (Lipinski definition) is 3. The van der Waals surface area contributed by atoms with E-state index in [1.807, 2.05) is 6.07 Å². The van der Waals surface area contributed by atoms with Crippen molar-refractivity contribution in [2.24, 2.45) is 0 Å². The number of pyridine rings is 1. The molecular weight excluding hydrogens is 154 g/mol. The summed E-state index contributed by atoms with van der Waals surface area (Å²) in [4.78, 5) is 11.4. The molecule has 2 aromatic heterocycles. The average Bonchev–Trinajstić information content (AvgIpc) is 2.12. The Bertz CT molecular complexity index is 475. The number of fused-ring (bicyclic) bond motifs is 1. The van der Waals surface area contributed by atoms with E-state index in [0.29, 0.717) is 11.3 Å². The van der Waals surface area contributed by atoms with Crippen LogP contribution in [-0.4, -0.2) is 14.6 Å². The van der Waals surface area contributed by atoms with Gasteiger partial charge < -0.3 is 0 Å². The van der Waals surface area contributed by atoms with Gasteiger partial charge in [0.2, 0.25) is 0 Å². The van der Waals surface area contributed by atoms with E-state index >= 15 is 0 Å². The van der Waals surface area contributed by atoms with Crippen LogP contribution in [0.2, 0.25) is 0 Å². The Morgan fingerprint density at radius 2 is 2.17 bits per heavy atom. The molecular formula is C8H7N3O. The standard InChI is InChI=1S/C8H7N3O/c1-6-8(12)11-5-3-2-4-7(11)10-9-6/h2-5H,1H3. The molecule has 0 saturated carbocycles. The molecule has 0 aliphatic carbocycles. The van der Waals surface area contributed by atoms with E-state index in [1.54, 1.807) is 25.3 Å². The first-order valence-electron chi connectivity index (χ1n) is 3.60. The first-order valence-corrected chi connectivity index (χ1v) is 3.60. The summed E-state index contributed by atoms with van der Waals surface area (Å²) in [6, 6.07) is 5.35. The highest BCUT2D eigenvalue weighted by Crippen LogP contribution is 1.92. The molecule has 0 bridgehead atoms. The lowest BCUT2D eigenvalue weighted by Crippen LogP contribution is -2.18. The highest BCUT2D eigenvalue weighted by Gasteiger charge is 1.98. The Balaban J connectivity index is 3.01. The molecule has 2 rings (SSSR count). The fraction of sp³-hybridized carbons (Fsp3) is 0.125. The van der Waals surface area contributed by atoms with Crippen molar-refractivity contribution in [2.45, 2.75) is 6.92 Å². The molecule has 0 saturated heterocycles. The van der Waals surface area contributed by atoms with Crippen molar-refractivity contribution < 1.29 is 0 Å². The van der Waals surface area contributed by atoms with Crippen LogP contribution in [0.5, 0.6) is 0 Å². The molecule has 0 atom stereocenters. The Morgan fingerprint density at radius 1 is 1.33 bits per heavy atom. The van der Waals surface area contributed by atoms with Gasteiger partial charge >= 0.3 is 0 Å². The summed E-state index contributed by atoms with van der Waals surface area (Å²) in [5, 5.41) is 7.58. The SMILES string of the molecule is Cc1nnc2ccccn2c1=O. The zero-order valence-corrected chi connectivity index (χ0v) is 6.56. The van der Waals surface area contributed by atoms with Gasteiger partial charge in [-0.3, -0.25) is 9.20 Å². The molecule has 0 spiro atoms. The van der Waals surface area contributed by atoms with Gasteiger partial charge in [-0.25, -0.2) is 0 Å². The molecule has 4 nitrogen and oxygen atoms in total. The Hall–Kier alpha value is -1.71. The highest BCUT2D eigenvalue weighted by atomic mass is 16.1. The van der Waals surface area contributed by atoms with Crippen LogP contribution < -0.4 is 5.56 Å². The summed E-state index contributed by atoms with van der Waals surface area (Å²) >= 11 is 0. The van der Waals surface area contributed by atoms with Crippen molar-refractivity contribution in [3.05, 3.63) is 40.4 Å². The third-order valence-electron chi connectivity index (χ3n) is 1.67. The van der Waals surface area contributed by atoms with Crippen LogP contribution in [0.1, 0.15) is 5.69 Å². The molecule has 0 radical (unpaired) electrons. The minimum absolute atomic E-state index is 0.111. The van der Waals surface area contributed by atoms with Gasteiger partial charge in [-0.2, -0.15) is 0 Å². The van der Waals surface area contributed by atoms with Crippen molar-refractivity contribution in [1.82, 2.24) is 14.6 Å². The minimum Gasteiger partial charge on any atom is -0.267 e. The van der Waals surface area contributed by atoms with Gasteiger partial charge in [-0.1, -0.05) is 6.07 Å². The van der Waals surface area contributed by atoms with Crippen LogP contribution in [0.15, 0.2) is 29.2 Å². The lowest BCUT2D eigenvalue weighted by Gasteiger charge is -1.97. The minimum atomic E-state index is -0.111. The third-order valence-corrected chi connectivity index (χ3v) is 1.67. The molecule has 60 valence electrons. The summed E-state index contributed by atoms with van der Waals surface area (Å²) in [6.07, 6.45) is 1.68. The normalized spacial score (nSPS) is 10.4. The van der Waals surface area contributed by atoms with Crippen molar-refractivity contribution in [3.63, 3.8) is 0 Å². The van der Waals surface area contributed by atoms with E-state index in [2.05, 4.69) is 10.2 Å². The van der Waals surface area contributed by atoms with Crippen LogP contribution in [0.4, 0.5) is 0 Å². The van der Waals surface area contributed by atoms with Gasteiger partial charge in [0.25, 0.3) is 5.56 Å². The predicted octanol–water partition coefficient (Wildman–Crippen LogP) is 0.398. The predicted molar refractivity (Wildman–Crippen MR) is 44.0 cm³/mol. The Morgan fingerprint density at radius 3 is 3.00 bits per heavy atom. The molecule has 4 heteroatoms. The summed E-state index contributed by atoms with van der Waals surface area (Å²) < 4.78 is 1.47. The molecule has 0 amide bonds. The third kappa shape index (κ3) is 0.887. The highest BCUT2D eigenvalue weighted by molar-refractivity contribution is 5.35. The molecule has 12 heavy (non-hydrogen) atoms. The van der Waals surface area contributed by atoms with Crippen molar-refractivity contribution in [1.29, 1.82) is 0 Å². The number of nitrogens with zero attached hydrogens (tertiary/aromatic N) is 3. The molecule has 0 fully saturated rings. The first-order chi connectivity index (χ1) is 5.79. The smallest absolute Gasteiger partial charge is 0.267 e. The van der Waals surface area contributed by atoms with E-state index in [1.165, 1.54) is 4.40 Å². The number of aromatic nitrogens is 3. The lowest BCUT2D eigenvalue weighted by atomic mass is 10.4. The van der Waals surface area contributed by atoms with Gasteiger partial charge in [-0.15, -0.1) is 10.2 Å². The lowest BCUT2D eigenvalue weighted by molar-refractivity contribution is 0.891. The summed E-state index contributed by atoms with van der Waals surface area (Å²) in [5.74, 6) is 0. The maximum absolute atomic E-state index is 11.4. The number of hydrogen-bond donors (Lipinski definition) is 0. The zero-order valence-electron chi connectivity index (χ0n) is 6.56. The monoisotopic (exact) mass is 161 g/mol. The van der Waals surface area contributed by atoms with Crippen molar-refractivity contribution in [2.75, 3.05) is 0 Å². The van der Waals surface area contributed by atoms with Crippen LogP contribution in [0.3, 0.4) is 0 Å². The second kappa shape index (κ2) is 2.41. The number of rotatable bonds is 0. The molecule has 0 aliphatic rings. The van der Waals surface area contributed by atoms with Crippen molar-refractivity contribution in [3.8, 4) is 0 Å². The first kappa shape index (κ1) is 6.97. The topological polar surface area (TPSA) is 47.3 Å². The summed E-state index contributed by atoms with van der Waals surface area (Å²) in [6.45, 7) is 1.65. The maximum Gasteiger partial charge on any atom is 0.279 e. The molecule has 2 aromatic rings. The van der Waals surface area contributed by atoms with Crippen LogP contribution in [0, 0.1) is 6.92 Å². The summed E-state index contributed by atoms with van der Waals surface area (Å²) in [5.41, 5.74) is 0.882. The zero-order chi connectivity index (χ0) is 8.55. The summed E-state index contributed by atoms with van der Waals surface area (Å²) in [7, 11) is 0. The van der Waals surface area contributed by atoms with Crippen LogP contribution >= 0.6 is 0 Å². The molecule has 0 aromatic carbocycles. The van der Waals surface area contributed by atoms with Crippen LogP contribution in [-0.2, 0) is 0 Å². The fourth-order valence-electron chi connectivity index (χ4n) is 1.03. The van der Waals surface area contributed by atoms with Gasteiger partial charge in [0.15, 0.2) is 5.65 Å². The number of aryl methyl sites for hydroxylation is 1. The van der Waals surface area contributed by atoms with Gasteiger partial charge in [-0.05, 0) is 19.1 Å². The fourth-order valence-corrected chi connectivity index (χ4v) is 1.03. The quantitative estimate of drug-likeness (QED) is 0.561. The maximum atomic E-state index is 11.4. The van der Waals surface area contributed by atoms with E-state index in [-0.39, 0.29) is 5.56 Å². The van der Waals surface area contributed by atoms with Crippen molar-refractivity contribution >= 4 is 5.65 Å². The van der Waals surface area contributed by atoms with E-state index in [4.69, 9.17) is 0 Å². The van der Waals surface area contributed by atoms with E-state index < -0.39 is 0 Å². The van der Waals surface area contributed by atoms with Gasteiger partial charge in [0, 0.05) is 6.20 Å². The molecule has 0 aliphatic heterocycles. The second-order valence-electron chi connectivity index (χ2n) is 2.52. The van der Waals surface area contributed by atoms with Gasteiger partial charge in [0.1, 0.15) is 5.69 Å². The van der Waals surface area contributed by atoms with E-state index in [0.717, 1.165) is 0 Å². The largest absolute Gasteiger partial charge is 0.279 e. The van der Waals surface area contributed by atoms with Crippen LogP contribution in [0.25, 0.3) is 5.65 Å². The Labute approximate surface area is 68.5 Å². The average molecular weight is 161 g/mol. The molecule has 0 N–H and O–H groups in total. The van der Waals surface area contributed by atoms with Gasteiger partial charge in [0.05, 0.1) is 0 Å².